The van der Waals surface area contributed by atoms with Crippen molar-refractivity contribution in [2.24, 2.45) is 5.92 Å². The van der Waals surface area contributed by atoms with Crippen LogP contribution in [0.25, 0.3) is 5.43 Å². The average Bonchev–Trinajstić information content (AvgIpc) is 3.16. The molecule has 5 rings (SSSR count). The minimum absolute atomic E-state index is 0. The molecule has 1 aliphatic carbocycles. The number of fused-ring (bicyclic) bond motifs is 1. The molecular weight excluding hydrogens is 713 g/mol. The van der Waals surface area contributed by atoms with Crippen molar-refractivity contribution in [3.05, 3.63) is 83.0 Å². The number of halogens is 3. The summed E-state index contributed by atoms with van der Waals surface area (Å²) in [5.41, 5.74) is 6.97. The second-order valence-electron chi connectivity index (χ2n) is 11.1. The Labute approximate surface area is 248 Å². The Kier molecular flexibility index (Phi) is 8.96. The van der Waals surface area contributed by atoms with Crippen molar-refractivity contribution in [2.75, 3.05) is 45.7 Å². The van der Waals surface area contributed by atoms with Gasteiger partial charge in [-0.25, -0.2) is 0 Å². The van der Waals surface area contributed by atoms with E-state index in [1.165, 1.54) is 18.1 Å². The van der Waals surface area contributed by atoms with Crippen LogP contribution in [0.1, 0.15) is 44.1 Å². The molecule has 0 unspecified atom stereocenters. The zero-order valence-electron chi connectivity index (χ0n) is 22.6. The first-order valence-corrected chi connectivity index (χ1v) is 13.2. The number of rotatable bonds is 7. The molecule has 0 aromatic heterocycles. The summed E-state index contributed by atoms with van der Waals surface area (Å²) in [4.78, 5) is 5.67. The van der Waals surface area contributed by atoms with E-state index in [2.05, 4.69) is 36.1 Å². The molecule has 0 amide bonds. The number of anilines is 1. The number of benzene rings is 1. The Morgan fingerprint density at radius 3 is 2.42 bits per heavy atom. The molecule has 0 bridgehead atoms. The molecule has 38 heavy (non-hydrogen) atoms. The fraction of sp³-hybridized carbons (Fsp3) is 0.517. The van der Waals surface area contributed by atoms with E-state index in [9.17, 15) is 13.2 Å². The molecule has 0 N–H and O–H groups in total. The van der Waals surface area contributed by atoms with Crippen LogP contribution in [0.4, 0.5) is 18.9 Å². The van der Waals surface area contributed by atoms with Crippen molar-refractivity contribution >= 4 is 5.69 Å². The topological polar surface area (TPSA) is 27.1 Å². The van der Waals surface area contributed by atoms with E-state index in [0.717, 1.165) is 63.0 Å². The van der Waals surface area contributed by atoms with Gasteiger partial charge >= 0.3 is 6.18 Å². The molecule has 1 saturated heterocycles. The van der Waals surface area contributed by atoms with Crippen LogP contribution in [-0.4, -0.2) is 61.8 Å². The quantitative estimate of drug-likeness (QED) is 0.297. The Hall–Kier alpha value is -1.50. The standard InChI is InChI=1S/C29H37F3N5.U/c1-21-36(25-8-5-7-24(18-25)28(11-6-12-28)13-14-33-34(2)3)20-27-26(29(30,31)32)17-23(19-37(21)27)22-9-15-35(4)16-10-22;/h5,7-8,17-20,22H,1,6,9-16H2,2-4H3;/q-1;. The average molecular weight is 751 g/mol. The van der Waals surface area contributed by atoms with E-state index in [4.69, 9.17) is 0 Å². The number of hydrogen-bond donors (Lipinski definition) is 0. The molecule has 1 aromatic carbocycles. The van der Waals surface area contributed by atoms with Gasteiger partial charge in [0.05, 0.1) is 11.3 Å². The second kappa shape index (κ2) is 11.5. The molecule has 0 atom stereocenters. The van der Waals surface area contributed by atoms with Crippen LogP contribution < -0.4 is 4.90 Å². The van der Waals surface area contributed by atoms with Gasteiger partial charge in [-0.2, -0.15) is 13.2 Å². The maximum atomic E-state index is 14.3. The van der Waals surface area contributed by atoms with Crippen molar-refractivity contribution in [2.45, 2.75) is 50.1 Å². The third-order valence-corrected chi connectivity index (χ3v) is 8.45. The van der Waals surface area contributed by atoms with Gasteiger partial charge in [-0.1, -0.05) is 31.6 Å². The smallest absolute Gasteiger partial charge is 0.418 e. The minimum Gasteiger partial charge on any atom is -0.595 e. The summed E-state index contributed by atoms with van der Waals surface area (Å²) >= 11 is 0. The van der Waals surface area contributed by atoms with Crippen LogP contribution >= 0.6 is 0 Å². The Balaban J connectivity index is 0.00000336. The van der Waals surface area contributed by atoms with Gasteiger partial charge < -0.3 is 25.1 Å². The van der Waals surface area contributed by atoms with E-state index in [1.54, 1.807) is 11.1 Å². The fourth-order valence-corrected chi connectivity index (χ4v) is 6.04. The minimum atomic E-state index is -4.45. The first-order valence-electron chi connectivity index (χ1n) is 13.2. The zero-order valence-corrected chi connectivity index (χ0v) is 26.7. The van der Waals surface area contributed by atoms with Gasteiger partial charge in [0.25, 0.3) is 0 Å². The van der Waals surface area contributed by atoms with Crippen molar-refractivity contribution < 1.29 is 44.3 Å². The van der Waals surface area contributed by atoms with Gasteiger partial charge in [0.2, 0.25) is 0 Å². The Morgan fingerprint density at radius 2 is 1.82 bits per heavy atom. The van der Waals surface area contributed by atoms with Gasteiger partial charge in [0.1, 0.15) is 5.82 Å². The number of nitrogens with zero attached hydrogens (tertiary/aromatic N) is 5. The van der Waals surface area contributed by atoms with E-state index < -0.39 is 11.7 Å². The molecule has 3 aliphatic heterocycles. The molecule has 2 fully saturated rings. The summed E-state index contributed by atoms with van der Waals surface area (Å²) in [5, 5.41) is 1.85. The number of alkyl halides is 3. The summed E-state index contributed by atoms with van der Waals surface area (Å²) in [6, 6.07) is 8.25. The van der Waals surface area contributed by atoms with Crippen LogP contribution in [0, 0.1) is 37.0 Å². The first-order chi connectivity index (χ1) is 17.6. The first kappa shape index (κ1) is 29.5. The summed E-state index contributed by atoms with van der Waals surface area (Å²) in [7, 11) is 5.93. The zero-order chi connectivity index (χ0) is 26.4. The summed E-state index contributed by atoms with van der Waals surface area (Å²) in [6.45, 7) is 6.78. The van der Waals surface area contributed by atoms with Crippen LogP contribution in [0.15, 0.2) is 72.0 Å². The fourth-order valence-electron chi connectivity index (χ4n) is 6.04. The number of piperidine rings is 1. The normalized spacial score (nSPS) is 22.0. The van der Waals surface area contributed by atoms with Gasteiger partial charge in [0, 0.05) is 49.2 Å². The van der Waals surface area contributed by atoms with E-state index in [0.29, 0.717) is 5.82 Å². The molecule has 9 heteroatoms. The van der Waals surface area contributed by atoms with Crippen molar-refractivity contribution in [1.82, 2.24) is 14.8 Å². The maximum Gasteiger partial charge on any atom is 0.418 e. The monoisotopic (exact) mass is 750 g/mol. The number of allylic oxidation sites excluding steroid dienone is 3. The second-order valence-corrected chi connectivity index (χ2v) is 11.1. The molecule has 1 saturated carbocycles. The predicted octanol–water partition coefficient (Wildman–Crippen LogP) is 6.51. The third-order valence-electron chi connectivity index (χ3n) is 8.45. The molecule has 204 valence electrons. The molecule has 1 aromatic rings. The molecular formula is C29H37F3N5U-. The largest absolute Gasteiger partial charge is 0.595 e. The van der Waals surface area contributed by atoms with Crippen LogP contribution in [-0.2, 0) is 5.41 Å². The molecule has 4 aliphatic rings. The Morgan fingerprint density at radius 1 is 1.11 bits per heavy atom. The Bertz CT molecular complexity index is 1130. The molecule has 5 nitrogen and oxygen atoms in total. The summed E-state index contributed by atoms with van der Waals surface area (Å²) in [6.07, 6.45) is 6.47. The van der Waals surface area contributed by atoms with Gasteiger partial charge in [-0.05, 0) is 101 Å². The van der Waals surface area contributed by atoms with Gasteiger partial charge in [-0.3, -0.25) is 0 Å². The van der Waals surface area contributed by atoms with Gasteiger partial charge in [0.15, 0.2) is 0 Å². The molecule has 0 spiro atoms. The van der Waals surface area contributed by atoms with Gasteiger partial charge in [-0.15, -0.1) is 6.54 Å². The molecule has 3 heterocycles. The van der Waals surface area contributed by atoms with Crippen molar-refractivity contribution in [3.8, 4) is 0 Å². The third kappa shape index (κ3) is 5.83. The summed E-state index contributed by atoms with van der Waals surface area (Å²) < 4.78 is 42.8. The van der Waals surface area contributed by atoms with Crippen LogP contribution in [0.2, 0.25) is 0 Å². The number of hydrogen-bond acceptors (Lipinski definition) is 4. The van der Waals surface area contributed by atoms with E-state index >= 15 is 0 Å². The van der Waals surface area contributed by atoms with Crippen molar-refractivity contribution in [1.29, 1.82) is 0 Å². The van der Waals surface area contributed by atoms with Crippen LogP contribution in [0.5, 0.6) is 0 Å². The van der Waals surface area contributed by atoms with Crippen molar-refractivity contribution in [3.63, 3.8) is 0 Å². The maximum absolute atomic E-state index is 14.3. The van der Waals surface area contributed by atoms with Crippen LogP contribution in [0.3, 0.4) is 0 Å². The van der Waals surface area contributed by atoms with E-state index in [1.807, 2.05) is 42.3 Å². The SMILES string of the molecule is C=C1N2C=C(C3CCN(C)CC3)C=C(C(F)(F)F)C2=CN1c1cccc(C2(CC[N-]N(C)C)CCC2)c1.[U]. The summed E-state index contributed by atoms with van der Waals surface area (Å²) in [5.74, 6) is 0.643. The van der Waals surface area contributed by atoms with E-state index in [-0.39, 0.29) is 48.1 Å². The predicted molar refractivity (Wildman–Crippen MR) is 142 cm³/mol. The number of likely N-dealkylation sites (tertiary alicyclic amines) is 1. The molecule has 0 radical (unpaired) electrons.